The van der Waals surface area contributed by atoms with Crippen LogP contribution in [0.4, 0.5) is 22.7 Å². The average molecular weight is 695 g/mol. The maximum absolute atomic E-state index is 10.3. The molecule has 0 saturated heterocycles. The monoisotopic (exact) mass is 694 g/mol. The molecule has 260 valence electrons. The molecule has 0 aliphatic rings. The third kappa shape index (κ3) is 15.7. The van der Waals surface area contributed by atoms with E-state index in [1.54, 1.807) is 61.5 Å². The smallest absolute Gasteiger partial charge is 0.211 e. The van der Waals surface area contributed by atoms with Gasteiger partial charge in [0.05, 0.1) is 22.7 Å². The molecule has 0 unspecified atom stereocenters. The fourth-order valence-corrected chi connectivity index (χ4v) is 4.40. The van der Waals surface area contributed by atoms with Gasteiger partial charge in [0.25, 0.3) is 0 Å². The molecule has 0 radical (unpaired) electrons. The Morgan fingerprint density at radius 1 is 0.423 bits per heavy atom. The van der Waals surface area contributed by atoms with Crippen LogP contribution < -0.4 is 0 Å². The predicted octanol–water partition coefficient (Wildman–Crippen LogP) is 8.50. The quantitative estimate of drug-likeness (QED) is 0.127. The summed E-state index contributed by atoms with van der Waals surface area (Å²) in [7, 11) is 2.76. The van der Waals surface area contributed by atoms with Gasteiger partial charge in [-0.05, 0) is 62.6 Å². The summed E-state index contributed by atoms with van der Waals surface area (Å²) in [6, 6.07) is 32.8. The molecule has 5 aromatic carbocycles. The Bertz CT molecular complexity index is 2080. The topological polar surface area (TPSA) is 177 Å². The second-order valence-electron chi connectivity index (χ2n) is 10.2. The van der Waals surface area contributed by atoms with Crippen LogP contribution >= 0.6 is 0 Å². The summed E-state index contributed by atoms with van der Waals surface area (Å²) < 4.78 is 0. The Kier molecular flexibility index (Phi) is 21.0. The molecule has 0 atom stereocenters. The second kappa shape index (κ2) is 25.6. The van der Waals surface area contributed by atoms with E-state index in [-0.39, 0.29) is 0 Å². The normalized spacial score (nSPS) is 8.56. The van der Waals surface area contributed by atoms with Gasteiger partial charge >= 0.3 is 0 Å². The molecule has 0 amide bonds. The van der Waals surface area contributed by atoms with Crippen LogP contribution in [0.25, 0.3) is 10.8 Å². The number of rotatable bonds is 6. The molecule has 0 spiro atoms. The summed E-state index contributed by atoms with van der Waals surface area (Å²) in [6.45, 7) is 5.99. The van der Waals surface area contributed by atoms with Crippen LogP contribution in [0.15, 0.2) is 133 Å². The van der Waals surface area contributed by atoms with Crippen LogP contribution in [0.5, 0.6) is 0 Å². The molecule has 0 N–H and O–H groups in total. The predicted molar refractivity (Wildman–Crippen MR) is 200 cm³/mol. The Hall–Kier alpha value is -7.36. The molecule has 52 heavy (non-hydrogen) atoms. The zero-order chi connectivity index (χ0) is 38.6. The van der Waals surface area contributed by atoms with Gasteiger partial charge in [-0.15, -0.1) is 0 Å². The highest BCUT2D eigenvalue weighted by Crippen LogP contribution is 2.32. The largest absolute Gasteiger partial charge is 0.240 e. The van der Waals surface area contributed by atoms with E-state index in [1.165, 1.54) is 72.8 Å². The molecule has 12 nitrogen and oxygen atoms in total. The number of fused-ring (bicyclic) bond motifs is 1. The fraction of sp³-hybridized carbons (Fsp3) is 0.150. The van der Waals surface area contributed by atoms with Crippen molar-refractivity contribution >= 4 is 70.0 Å². The van der Waals surface area contributed by atoms with E-state index in [9.17, 15) is 19.2 Å². The van der Waals surface area contributed by atoms with Crippen molar-refractivity contribution in [2.24, 2.45) is 30.0 Å². The van der Waals surface area contributed by atoms with Crippen molar-refractivity contribution in [3.63, 3.8) is 0 Å². The SMILES string of the molecule is CN=C=O.CN=C=O.Cc1c(N=C=O)cccc1N=C=O.Cc1cccc(Cc2cccc(C)c2)c1.O=C=Nc1cccc2c(N=C=O)cccc12. The van der Waals surface area contributed by atoms with Crippen LogP contribution in [0, 0.1) is 20.8 Å². The summed E-state index contributed by atoms with van der Waals surface area (Å²) in [4.78, 5) is 78.2. The van der Waals surface area contributed by atoms with Gasteiger partial charge < -0.3 is 0 Å². The lowest BCUT2D eigenvalue weighted by molar-refractivity contribution is 0.564. The summed E-state index contributed by atoms with van der Waals surface area (Å²) in [5.41, 5.74) is 8.06. The number of aryl methyl sites for hydroxylation is 2. The Morgan fingerprint density at radius 2 is 0.731 bits per heavy atom. The highest BCUT2D eigenvalue weighted by molar-refractivity contribution is 6.00. The molecule has 0 aliphatic heterocycles. The van der Waals surface area contributed by atoms with Crippen LogP contribution in [0.1, 0.15) is 27.8 Å². The minimum atomic E-state index is 0.464. The number of aliphatic imine (C=N–C) groups is 6. The molecule has 5 aromatic rings. The lowest BCUT2D eigenvalue weighted by atomic mass is 10.0. The lowest BCUT2D eigenvalue weighted by Crippen LogP contribution is -1.89. The standard InChI is InChI=1S/C15H16.C12H6N2O2.C9H6N2O2.2C2H3NO/c1-12-5-3-7-14(9-12)11-15-8-4-6-13(2)10-15;15-7-13-11-5-1-3-9-10(11)4-2-6-12(9)14-8-16;1-7-8(10-5-12)3-2-4-9(7)11-6-13;2*1-3-2-4/h3-10H,11H2,1-2H3;1-6H;2-4H,1H3;2*1H3. The molecule has 0 saturated carbocycles. The number of benzene rings is 5. The minimum Gasteiger partial charge on any atom is -0.211 e. The maximum Gasteiger partial charge on any atom is 0.240 e. The van der Waals surface area contributed by atoms with Crippen LogP contribution in [0.2, 0.25) is 0 Å². The first-order chi connectivity index (χ1) is 25.2. The lowest BCUT2D eigenvalue weighted by Gasteiger charge is -2.03. The van der Waals surface area contributed by atoms with E-state index in [4.69, 9.17) is 9.59 Å². The molecule has 0 aliphatic carbocycles. The summed E-state index contributed by atoms with van der Waals surface area (Å²) >= 11 is 0. The molecule has 5 rings (SSSR count). The van der Waals surface area contributed by atoms with Gasteiger partial charge in [-0.1, -0.05) is 90.0 Å². The number of hydrogen-bond acceptors (Lipinski definition) is 12. The summed E-state index contributed by atoms with van der Waals surface area (Å²) in [5, 5.41) is 1.50. The first-order valence-electron chi connectivity index (χ1n) is 15.2. The molecule has 0 aromatic heterocycles. The number of hydrogen-bond donors (Lipinski definition) is 0. The van der Waals surface area contributed by atoms with Crippen molar-refractivity contribution < 1.29 is 28.8 Å². The van der Waals surface area contributed by atoms with Crippen LogP contribution in [0.3, 0.4) is 0 Å². The van der Waals surface area contributed by atoms with Crippen molar-refractivity contribution in [2.75, 3.05) is 14.1 Å². The molecular formula is C40H34N6O6. The third-order valence-electron chi connectivity index (χ3n) is 6.57. The highest BCUT2D eigenvalue weighted by atomic mass is 16.1. The van der Waals surface area contributed by atoms with Crippen molar-refractivity contribution in [1.29, 1.82) is 0 Å². The molecule has 0 fully saturated rings. The first-order valence-corrected chi connectivity index (χ1v) is 15.2. The summed E-state index contributed by atoms with van der Waals surface area (Å²) in [5.74, 6) is 0. The maximum atomic E-state index is 10.3. The van der Waals surface area contributed by atoms with Gasteiger partial charge in [0.2, 0.25) is 36.5 Å². The fourth-order valence-electron chi connectivity index (χ4n) is 4.40. The average Bonchev–Trinajstić information content (AvgIpc) is 3.15. The van der Waals surface area contributed by atoms with Crippen molar-refractivity contribution in [1.82, 2.24) is 0 Å². The molecule has 0 heterocycles. The highest BCUT2D eigenvalue weighted by Gasteiger charge is 2.03. The zero-order valence-corrected chi connectivity index (χ0v) is 29.2. The number of isocyanates is 6. The Morgan fingerprint density at radius 3 is 1.06 bits per heavy atom. The third-order valence-corrected chi connectivity index (χ3v) is 6.57. The van der Waals surface area contributed by atoms with Crippen LogP contribution in [-0.2, 0) is 35.2 Å². The molecule has 12 heteroatoms. The van der Waals surface area contributed by atoms with Gasteiger partial charge in [-0.2, -0.15) is 20.0 Å². The van der Waals surface area contributed by atoms with E-state index in [2.05, 4.69) is 92.3 Å². The number of nitrogens with zero attached hydrogens (tertiary/aromatic N) is 6. The first kappa shape index (κ1) is 42.7. The van der Waals surface area contributed by atoms with Crippen molar-refractivity contribution in [2.45, 2.75) is 27.2 Å². The van der Waals surface area contributed by atoms with Gasteiger partial charge in [0.1, 0.15) is 0 Å². The van der Waals surface area contributed by atoms with E-state index >= 15 is 0 Å². The van der Waals surface area contributed by atoms with Gasteiger partial charge in [-0.3, -0.25) is 0 Å². The van der Waals surface area contributed by atoms with E-state index in [0.717, 1.165) is 17.2 Å². The Balaban J connectivity index is 0.000000354. The van der Waals surface area contributed by atoms with E-state index in [1.807, 2.05) is 0 Å². The van der Waals surface area contributed by atoms with Crippen molar-refractivity contribution in [3.8, 4) is 0 Å². The van der Waals surface area contributed by atoms with Crippen molar-refractivity contribution in [3.05, 3.63) is 131 Å². The van der Waals surface area contributed by atoms with Gasteiger partial charge in [-0.25, -0.2) is 38.8 Å². The van der Waals surface area contributed by atoms with E-state index in [0.29, 0.717) is 28.3 Å². The van der Waals surface area contributed by atoms with E-state index < -0.39 is 0 Å². The zero-order valence-electron chi connectivity index (χ0n) is 29.2. The van der Waals surface area contributed by atoms with Gasteiger partial charge in [0.15, 0.2) is 0 Å². The molecular weight excluding hydrogens is 660 g/mol. The van der Waals surface area contributed by atoms with Crippen LogP contribution in [-0.4, -0.2) is 50.6 Å². The molecule has 0 bridgehead atoms. The second-order valence-corrected chi connectivity index (χ2v) is 10.2. The minimum absolute atomic E-state index is 0.464. The number of carbonyl (C=O) groups excluding carboxylic acids is 6. The van der Waals surface area contributed by atoms with Gasteiger partial charge in [0, 0.05) is 30.4 Å². The Labute approximate surface area is 300 Å². The summed E-state index contributed by atoms with van der Waals surface area (Å²) in [6.07, 6.45) is 9.49.